The average Bonchev–Trinajstić information content (AvgIpc) is 3.20. The molecule has 0 amide bonds. The molecule has 0 aromatic heterocycles. The van der Waals surface area contributed by atoms with Gasteiger partial charge in [-0.15, -0.1) is 11.8 Å². The molecule has 7 atom stereocenters. The first-order chi connectivity index (χ1) is 12.0. The maximum absolute atomic E-state index is 9.86. The minimum atomic E-state index is -0.747. The van der Waals surface area contributed by atoms with E-state index in [9.17, 15) is 10.2 Å². The first kappa shape index (κ1) is 23.0. The van der Waals surface area contributed by atoms with Gasteiger partial charge in [-0.25, -0.2) is 0 Å². The van der Waals surface area contributed by atoms with Gasteiger partial charge < -0.3 is 10.2 Å². The zero-order chi connectivity index (χ0) is 18.4. The Labute approximate surface area is 182 Å². The van der Waals surface area contributed by atoms with Crippen LogP contribution in [0, 0.1) is 23.7 Å². The summed E-state index contributed by atoms with van der Waals surface area (Å²) in [6.45, 7) is 0. The standard InChI is InChI=1S/C17H30O2S6/c18-15(8-23)16(19)9-25-11(5-20)1-2-24-17-4-10-3-12(17)14(7-22)13(10)6-21/h4,10-16,18-23H,1-3,5-9H2/t10?,11?,12?,13?,14?,15?,16-/m0/s1. The average molecular weight is 459 g/mol. The number of rotatable bonds is 12. The first-order valence-corrected chi connectivity index (χ1v) is 13.4. The molecular weight excluding hydrogens is 429 g/mol. The van der Waals surface area contributed by atoms with Crippen LogP contribution in [0.1, 0.15) is 12.8 Å². The maximum Gasteiger partial charge on any atom is 0.0897 e. The Morgan fingerprint density at radius 2 is 1.76 bits per heavy atom. The van der Waals surface area contributed by atoms with Crippen LogP contribution in [0.4, 0.5) is 0 Å². The number of aliphatic hydroxyl groups excluding tert-OH is 2. The zero-order valence-electron chi connectivity index (χ0n) is 14.3. The van der Waals surface area contributed by atoms with Crippen molar-refractivity contribution < 1.29 is 10.2 Å². The van der Waals surface area contributed by atoms with Gasteiger partial charge in [0.25, 0.3) is 0 Å². The largest absolute Gasteiger partial charge is 0.390 e. The first-order valence-electron chi connectivity index (χ1n) is 8.81. The van der Waals surface area contributed by atoms with Gasteiger partial charge in [0.1, 0.15) is 0 Å². The molecule has 2 nitrogen and oxygen atoms in total. The Morgan fingerprint density at radius 1 is 1.04 bits per heavy atom. The summed E-state index contributed by atoms with van der Waals surface area (Å²) in [7, 11) is 0. The third kappa shape index (κ3) is 6.12. The third-order valence-electron chi connectivity index (χ3n) is 5.35. The summed E-state index contributed by atoms with van der Waals surface area (Å²) in [6.07, 6.45) is 3.39. The van der Waals surface area contributed by atoms with Gasteiger partial charge in [0.2, 0.25) is 0 Å². The number of aliphatic hydroxyl groups is 2. The second kappa shape index (κ2) is 11.7. The van der Waals surface area contributed by atoms with Crippen LogP contribution in [0.15, 0.2) is 11.0 Å². The number of fused-ring (bicyclic) bond motifs is 2. The van der Waals surface area contributed by atoms with Gasteiger partial charge in [-0.1, -0.05) is 6.08 Å². The van der Waals surface area contributed by atoms with Gasteiger partial charge in [0.05, 0.1) is 12.2 Å². The van der Waals surface area contributed by atoms with Crippen molar-refractivity contribution in [2.75, 3.05) is 34.5 Å². The highest BCUT2D eigenvalue weighted by Crippen LogP contribution is 2.55. The van der Waals surface area contributed by atoms with E-state index in [4.69, 9.17) is 0 Å². The van der Waals surface area contributed by atoms with Crippen LogP contribution in [-0.4, -0.2) is 62.2 Å². The van der Waals surface area contributed by atoms with Gasteiger partial charge >= 0.3 is 0 Å². The van der Waals surface area contributed by atoms with Crippen molar-refractivity contribution >= 4 is 74.0 Å². The highest BCUT2D eigenvalue weighted by molar-refractivity contribution is 8.03. The molecule has 2 aliphatic rings. The lowest BCUT2D eigenvalue weighted by Crippen LogP contribution is -2.30. The molecule has 0 spiro atoms. The molecule has 2 aliphatic carbocycles. The van der Waals surface area contributed by atoms with Crippen molar-refractivity contribution in [1.29, 1.82) is 0 Å². The fourth-order valence-electron chi connectivity index (χ4n) is 3.80. The minimum absolute atomic E-state index is 0.291. The lowest BCUT2D eigenvalue weighted by atomic mass is 9.85. The Kier molecular flexibility index (Phi) is 10.8. The predicted octanol–water partition coefficient (Wildman–Crippen LogP) is 3.42. The van der Waals surface area contributed by atoms with Gasteiger partial charge in [-0.2, -0.15) is 62.3 Å². The van der Waals surface area contributed by atoms with Gasteiger partial charge in [0, 0.05) is 22.5 Å². The Hall–Kier alpha value is 1.76. The van der Waals surface area contributed by atoms with Gasteiger partial charge in [-0.05, 0) is 58.7 Å². The van der Waals surface area contributed by atoms with E-state index in [0.29, 0.717) is 40.4 Å². The van der Waals surface area contributed by atoms with E-state index in [1.54, 1.807) is 16.7 Å². The van der Waals surface area contributed by atoms with Crippen molar-refractivity contribution in [1.82, 2.24) is 0 Å². The van der Waals surface area contributed by atoms with Gasteiger partial charge in [0.15, 0.2) is 0 Å². The van der Waals surface area contributed by atoms with Gasteiger partial charge in [-0.3, -0.25) is 0 Å². The summed E-state index contributed by atoms with van der Waals surface area (Å²) >= 11 is 21.3. The van der Waals surface area contributed by atoms with E-state index in [2.05, 4.69) is 56.6 Å². The lowest BCUT2D eigenvalue weighted by Gasteiger charge is -2.29. The van der Waals surface area contributed by atoms with E-state index in [1.807, 2.05) is 11.8 Å². The van der Waals surface area contributed by atoms with Crippen molar-refractivity contribution in [3.05, 3.63) is 11.0 Å². The normalized spacial score (nSPS) is 31.8. The van der Waals surface area contributed by atoms with Crippen molar-refractivity contribution in [3.63, 3.8) is 0 Å². The molecule has 25 heavy (non-hydrogen) atoms. The lowest BCUT2D eigenvalue weighted by molar-refractivity contribution is 0.0501. The molecule has 2 bridgehead atoms. The quantitative estimate of drug-likeness (QED) is 0.254. The van der Waals surface area contributed by atoms with Crippen LogP contribution in [0.2, 0.25) is 0 Å². The highest BCUT2D eigenvalue weighted by Gasteiger charge is 2.46. The molecule has 0 aromatic rings. The molecule has 2 rings (SSSR count). The Morgan fingerprint density at radius 3 is 2.36 bits per heavy atom. The number of allylic oxidation sites excluding steroid dienone is 2. The SMILES string of the molecule is OC(CS)[C@@H](O)CSC(CS)CCSC1=CC2CC1C(CS)C2CS. The van der Waals surface area contributed by atoms with Crippen LogP contribution in [0.3, 0.4) is 0 Å². The Bertz CT molecular complexity index is 435. The predicted molar refractivity (Wildman–Crippen MR) is 127 cm³/mol. The second-order valence-corrected chi connectivity index (χ2v) is 10.8. The zero-order valence-corrected chi connectivity index (χ0v) is 19.5. The smallest absolute Gasteiger partial charge is 0.0897 e. The molecule has 6 unspecified atom stereocenters. The molecular formula is C17H30O2S6. The molecule has 0 heterocycles. The van der Waals surface area contributed by atoms with Crippen LogP contribution in [0.25, 0.3) is 0 Å². The van der Waals surface area contributed by atoms with Crippen LogP contribution < -0.4 is 0 Å². The topological polar surface area (TPSA) is 40.5 Å². The molecule has 146 valence electrons. The van der Waals surface area contributed by atoms with E-state index in [1.165, 1.54) is 6.42 Å². The fourth-order valence-corrected chi connectivity index (χ4v) is 8.24. The third-order valence-corrected chi connectivity index (χ3v) is 9.88. The minimum Gasteiger partial charge on any atom is -0.390 e. The van der Waals surface area contributed by atoms with Crippen molar-refractivity contribution in [2.45, 2.75) is 30.3 Å². The molecule has 0 saturated heterocycles. The Balaban J connectivity index is 1.74. The van der Waals surface area contributed by atoms with E-state index >= 15 is 0 Å². The molecule has 0 aliphatic heterocycles. The van der Waals surface area contributed by atoms with Crippen molar-refractivity contribution in [2.24, 2.45) is 23.7 Å². The molecule has 8 heteroatoms. The monoisotopic (exact) mass is 458 g/mol. The van der Waals surface area contributed by atoms with E-state index in [0.717, 1.165) is 29.4 Å². The summed E-state index contributed by atoms with van der Waals surface area (Å²) in [4.78, 5) is 1.57. The fraction of sp³-hybridized carbons (Fsp3) is 0.882. The molecule has 1 saturated carbocycles. The number of hydrogen-bond acceptors (Lipinski definition) is 8. The summed E-state index contributed by atoms with van der Waals surface area (Å²) in [5.41, 5.74) is 0. The second-order valence-electron chi connectivity index (χ2n) is 6.86. The van der Waals surface area contributed by atoms with Crippen molar-refractivity contribution in [3.8, 4) is 0 Å². The molecule has 1 fully saturated rings. The molecule has 0 aromatic carbocycles. The maximum atomic E-state index is 9.86. The summed E-state index contributed by atoms with van der Waals surface area (Å²) < 4.78 is 0. The van der Waals surface area contributed by atoms with E-state index < -0.39 is 12.2 Å². The van der Waals surface area contributed by atoms with Crippen LogP contribution in [-0.2, 0) is 0 Å². The summed E-state index contributed by atoms with van der Waals surface area (Å²) in [6, 6.07) is 0. The number of thiol groups is 4. The summed E-state index contributed by atoms with van der Waals surface area (Å²) in [5.74, 6) is 7.43. The van der Waals surface area contributed by atoms with Crippen LogP contribution in [0.5, 0.6) is 0 Å². The number of thioether (sulfide) groups is 2. The summed E-state index contributed by atoms with van der Waals surface area (Å²) in [5, 5.41) is 19.9. The number of hydrogen-bond donors (Lipinski definition) is 6. The molecule has 0 radical (unpaired) electrons. The van der Waals surface area contributed by atoms with Crippen LogP contribution >= 0.6 is 74.0 Å². The van der Waals surface area contributed by atoms with E-state index in [-0.39, 0.29) is 0 Å². The molecule has 2 N–H and O–H groups in total. The highest BCUT2D eigenvalue weighted by atomic mass is 32.2.